The Labute approximate surface area is 101 Å². The van der Waals surface area contributed by atoms with Crippen molar-refractivity contribution < 1.29 is 0 Å². The van der Waals surface area contributed by atoms with Crippen LogP contribution in [0.25, 0.3) is 0 Å². The van der Waals surface area contributed by atoms with Crippen LogP contribution in [0.15, 0.2) is 0 Å². The van der Waals surface area contributed by atoms with Crippen molar-refractivity contribution in [3.63, 3.8) is 0 Å². The highest BCUT2D eigenvalue weighted by atomic mass is 15.2. The van der Waals surface area contributed by atoms with Crippen molar-refractivity contribution in [3.8, 4) is 0 Å². The SMILES string of the molecule is CCCCNCCN1CCC2CCCCC21. The van der Waals surface area contributed by atoms with E-state index in [-0.39, 0.29) is 0 Å². The summed E-state index contributed by atoms with van der Waals surface area (Å²) < 4.78 is 0. The van der Waals surface area contributed by atoms with Gasteiger partial charge in [-0.05, 0) is 44.7 Å². The van der Waals surface area contributed by atoms with Crippen LogP contribution in [-0.4, -0.2) is 37.1 Å². The van der Waals surface area contributed by atoms with Crippen LogP contribution in [-0.2, 0) is 0 Å². The minimum atomic E-state index is 0.946. The van der Waals surface area contributed by atoms with E-state index in [4.69, 9.17) is 0 Å². The Balaban J connectivity index is 1.62. The van der Waals surface area contributed by atoms with E-state index < -0.39 is 0 Å². The summed E-state index contributed by atoms with van der Waals surface area (Å²) in [6.07, 6.45) is 10.0. The molecule has 0 aromatic carbocycles. The summed E-state index contributed by atoms with van der Waals surface area (Å²) in [4.78, 5) is 2.75. The largest absolute Gasteiger partial charge is 0.315 e. The molecule has 2 nitrogen and oxygen atoms in total. The lowest BCUT2D eigenvalue weighted by molar-refractivity contribution is 0.183. The fraction of sp³-hybridized carbons (Fsp3) is 1.00. The lowest BCUT2D eigenvalue weighted by Gasteiger charge is -2.31. The van der Waals surface area contributed by atoms with Crippen molar-refractivity contribution in [1.29, 1.82) is 0 Å². The minimum absolute atomic E-state index is 0.946. The zero-order valence-corrected chi connectivity index (χ0v) is 10.9. The molecule has 1 heterocycles. The molecule has 1 N–H and O–H groups in total. The van der Waals surface area contributed by atoms with Crippen molar-refractivity contribution in [2.45, 2.75) is 57.9 Å². The van der Waals surface area contributed by atoms with Crippen molar-refractivity contribution in [2.75, 3.05) is 26.2 Å². The molecule has 0 bridgehead atoms. The molecule has 0 aromatic heterocycles. The second kappa shape index (κ2) is 6.61. The van der Waals surface area contributed by atoms with Crippen molar-refractivity contribution in [1.82, 2.24) is 10.2 Å². The Hall–Kier alpha value is -0.0800. The third kappa shape index (κ3) is 3.21. The molecule has 0 aromatic rings. The van der Waals surface area contributed by atoms with Crippen LogP contribution >= 0.6 is 0 Å². The third-order valence-electron chi connectivity index (χ3n) is 4.41. The highest BCUT2D eigenvalue weighted by molar-refractivity contribution is 4.89. The molecule has 2 heteroatoms. The fourth-order valence-corrected chi connectivity index (χ4v) is 3.43. The Morgan fingerprint density at radius 2 is 2.00 bits per heavy atom. The molecule has 0 spiro atoms. The van der Waals surface area contributed by atoms with Gasteiger partial charge in [-0.25, -0.2) is 0 Å². The van der Waals surface area contributed by atoms with Gasteiger partial charge in [0.2, 0.25) is 0 Å². The van der Waals surface area contributed by atoms with Gasteiger partial charge in [0, 0.05) is 19.1 Å². The number of hydrogen-bond donors (Lipinski definition) is 1. The molecular formula is C14H28N2. The minimum Gasteiger partial charge on any atom is -0.315 e. The zero-order chi connectivity index (χ0) is 11.2. The molecule has 2 unspecified atom stereocenters. The fourth-order valence-electron chi connectivity index (χ4n) is 3.43. The molecule has 1 saturated heterocycles. The van der Waals surface area contributed by atoms with Crippen molar-refractivity contribution in [3.05, 3.63) is 0 Å². The Bertz CT molecular complexity index is 193. The molecule has 1 aliphatic carbocycles. The normalized spacial score (nSPS) is 30.6. The number of rotatable bonds is 6. The van der Waals surface area contributed by atoms with Crippen LogP contribution < -0.4 is 5.32 Å². The summed E-state index contributed by atoms with van der Waals surface area (Å²) in [5.74, 6) is 1.05. The molecule has 1 aliphatic heterocycles. The van der Waals surface area contributed by atoms with E-state index in [1.807, 2.05) is 0 Å². The maximum absolute atomic E-state index is 3.57. The number of hydrogen-bond acceptors (Lipinski definition) is 2. The van der Waals surface area contributed by atoms with Crippen LogP contribution in [0.5, 0.6) is 0 Å². The lowest BCUT2D eigenvalue weighted by atomic mass is 9.85. The Kier molecular flexibility index (Phi) is 5.11. The van der Waals surface area contributed by atoms with Crippen molar-refractivity contribution >= 4 is 0 Å². The average molecular weight is 224 g/mol. The van der Waals surface area contributed by atoms with E-state index in [0.717, 1.165) is 12.0 Å². The topological polar surface area (TPSA) is 15.3 Å². The van der Waals surface area contributed by atoms with Gasteiger partial charge in [-0.3, -0.25) is 4.90 Å². The highest BCUT2D eigenvalue weighted by Gasteiger charge is 2.34. The molecule has 2 aliphatic rings. The van der Waals surface area contributed by atoms with E-state index in [0.29, 0.717) is 0 Å². The van der Waals surface area contributed by atoms with E-state index in [1.54, 1.807) is 0 Å². The number of nitrogens with zero attached hydrogens (tertiary/aromatic N) is 1. The first kappa shape index (κ1) is 12.4. The van der Waals surface area contributed by atoms with Crippen LogP contribution in [0, 0.1) is 5.92 Å². The van der Waals surface area contributed by atoms with Crippen LogP contribution in [0.4, 0.5) is 0 Å². The standard InChI is InChI=1S/C14H28N2/c1-2-3-9-15-10-12-16-11-8-13-6-4-5-7-14(13)16/h13-15H,2-12H2,1H3. The van der Waals surface area contributed by atoms with E-state index in [9.17, 15) is 0 Å². The molecular weight excluding hydrogens is 196 g/mol. The van der Waals surface area contributed by atoms with Gasteiger partial charge < -0.3 is 5.32 Å². The first-order chi connectivity index (χ1) is 7.92. The number of likely N-dealkylation sites (tertiary alicyclic amines) is 1. The van der Waals surface area contributed by atoms with Gasteiger partial charge in [0.15, 0.2) is 0 Å². The summed E-state index contributed by atoms with van der Waals surface area (Å²) in [5, 5.41) is 3.57. The molecule has 2 atom stereocenters. The van der Waals surface area contributed by atoms with Gasteiger partial charge in [-0.2, -0.15) is 0 Å². The first-order valence-corrected chi connectivity index (χ1v) is 7.36. The molecule has 2 rings (SSSR count). The van der Waals surface area contributed by atoms with Gasteiger partial charge in [-0.1, -0.05) is 26.2 Å². The Morgan fingerprint density at radius 3 is 2.88 bits per heavy atom. The van der Waals surface area contributed by atoms with Crippen molar-refractivity contribution in [2.24, 2.45) is 5.92 Å². The van der Waals surface area contributed by atoms with Gasteiger partial charge in [-0.15, -0.1) is 0 Å². The smallest absolute Gasteiger partial charge is 0.0124 e. The van der Waals surface area contributed by atoms with Crippen LogP contribution in [0.1, 0.15) is 51.9 Å². The van der Waals surface area contributed by atoms with E-state index in [1.165, 1.54) is 71.1 Å². The van der Waals surface area contributed by atoms with Crippen LogP contribution in [0.2, 0.25) is 0 Å². The Morgan fingerprint density at radius 1 is 1.12 bits per heavy atom. The van der Waals surface area contributed by atoms with Gasteiger partial charge >= 0.3 is 0 Å². The lowest BCUT2D eigenvalue weighted by Crippen LogP contribution is -2.39. The molecule has 2 fully saturated rings. The molecule has 94 valence electrons. The van der Waals surface area contributed by atoms with Gasteiger partial charge in [0.25, 0.3) is 0 Å². The predicted octanol–water partition coefficient (Wildman–Crippen LogP) is 2.64. The maximum Gasteiger partial charge on any atom is 0.0124 e. The molecule has 16 heavy (non-hydrogen) atoms. The van der Waals surface area contributed by atoms with Crippen LogP contribution in [0.3, 0.4) is 0 Å². The quantitative estimate of drug-likeness (QED) is 0.698. The monoisotopic (exact) mass is 224 g/mol. The molecule has 0 radical (unpaired) electrons. The van der Waals surface area contributed by atoms with Gasteiger partial charge in [0.05, 0.1) is 0 Å². The second-order valence-corrected chi connectivity index (χ2v) is 5.54. The molecule has 0 amide bonds. The third-order valence-corrected chi connectivity index (χ3v) is 4.41. The number of nitrogens with one attached hydrogen (secondary N) is 1. The maximum atomic E-state index is 3.57. The highest BCUT2D eigenvalue weighted by Crippen LogP contribution is 2.35. The summed E-state index contributed by atoms with van der Waals surface area (Å²) in [7, 11) is 0. The summed E-state index contributed by atoms with van der Waals surface area (Å²) in [6.45, 7) is 7.31. The number of unbranched alkanes of at least 4 members (excludes halogenated alkanes) is 1. The first-order valence-electron chi connectivity index (χ1n) is 7.36. The summed E-state index contributed by atoms with van der Waals surface area (Å²) in [6, 6.07) is 0.946. The van der Waals surface area contributed by atoms with Gasteiger partial charge in [0.1, 0.15) is 0 Å². The summed E-state index contributed by atoms with van der Waals surface area (Å²) in [5.41, 5.74) is 0. The van der Waals surface area contributed by atoms with E-state index >= 15 is 0 Å². The summed E-state index contributed by atoms with van der Waals surface area (Å²) >= 11 is 0. The molecule has 1 saturated carbocycles. The zero-order valence-electron chi connectivity index (χ0n) is 10.9. The predicted molar refractivity (Wildman–Crippen MR) is 69.7 cm³/mol. The second-order valence-electron chi connectivity index (χ2n) is 5.54. The number of fused-ring (bicyclic) bond motifs is 1. The average Bonchev–Trinajstić information content (AvgIpc) is 2.73. The van der Waals surface area contributed by atoms with E-state index in [2.05, 4.69) is 17.1 Å².